The van der Waals surface area contributed by atoms with Crippen molar-refractivity contribution in [2.24, 2.45) is 16.6 Å². The van der Waals surface area contributed by atoms with Gasteiger partial charge in [-0.25, -0.2) is 9.67 Å². The average molecular weight is 645 g/mol. The minimum Gasteiger partial charge on any atom is -0.384 e. The third-order valence-electron chi connectivity index (χ3n) is 8.96. The van der Waals surface area contributed by atoms with Crippen molar-refractivity contribution in [3.05, 3.63) is 54.1 Å². The smallest absolute Gasteiger partial charge is 0.287 e. The SMILES string of the molecule is CC(NC(=O)[C@@H]1C[C@H](n2nncc2C(C)(C)O)CN1C(=O)C(CC1CCCCC1)=NC(=O)c1ccc2ccncc2c1)C(=O)C(N)=O. The Labute approximate surface area is 271 Å². The van der Waals surface area contributed by atoms with Gasteiger partial charge >= 0.3 is 0 Å². The molecule has 248 valence electrons. The lowest BCUT2D eigenvalue weighted by atomic mass is 9.85. The van der Waals surface area contributed by atoms with Gasteiger partial charge < -0.3 is 21.1 Å². The van der Waals surface area contributed by atoms with Crippen molar-refractivity contribution in [1.82, 2.24) is 30.2 Å². The van der Waals surface area contributed by atoms with Crippen LogP contribution in [0.4, 0.5) is 0 Å². The number of rotatable bonds is 10. The number of aliphatic hydroxyl groups is 1. The van der Waals surface area contributed by atoms with Crippen LogP contribution in [0.25, 0.3) is 10.8 Å². The Bertz CT molecular complexity index is 1720. The van der Waals surface area contributed by atoms with Gasteiger partial charge in [0.05, 0.1) is 24.0 Å². The third kappa shape index (κ3) is 7.59. The quantitative estimate of drug-likeness (QED) is 0.218. The second kappa shape index (κ2) is 13.9. The van der Waals surface area contributed by atoms with E-state index in [4.69, 9.17) is 5.73 Å². The molecular weight excluding hydrogens is 604 g/mol. The van der Waals surface area contributed by atoms with Crippen molar-refractivity contribution >= 4 is 45.9 Å². The largest absolute Gasteiger partial charge is 0.384 e. The molecule has 5 rings (SSSR count). The highest BCUT2D eigenvalue weighted by Gasteiger charge is 2.44. The zero-order valence-electron chi connectivity index (χ0n) is 26.8. The number of fused-ring (bicyclic) bond motifs is 1. The monoisotopic (exact) mass is 644 g/mol. The maximum absolute atomic E-state index is 14.5. The van der Waals surface area contributed by atoms with E-state index in [2.05, 4.69) is 25.6 Å². The molecule has 2 aromatic heterocycles. The number of nitrogens with zero attached hydrogens (tertiary/aromatic N) is 6. The van der Waals surface area contributed by atoms with Crippen molar-refractivity contribution in [1.29, 1.82) is 0 Å². The molecule has 1 aliphatic carbocycles. The molecule has 0 spiro atoms. The van der Waals surface area contributed by atoms with Gasteiger partial charge in [0.25, 0.3) is 17.7 Å². The molecule has 3 atom stereocenters. The summed E-state index contributed by atoms with van der Waals surface area (Å²) in [7, 11) is 0. The van der Waals surface area contributed by atoms with Crippen LogP contribution in [0.1, 0.15) is 87.8 Å². The first kappa shape index (κ1) is 33.5. The van der Waals surface area contributed by atoms with Crippen molar-refractivity contribution in [2.75, 3.05) is 6.54 Å². The zero-order chi connectivity index (χ0) is 33.9. The number of nitrogens with two attached hydrogens (primary N) is 1. The highest BCUT2D eigenvalue weighted by molar-refractivity contribution is 6.41. The van der Waals surface area contributed by atoms with Crippen LogP contribution in [0, 0.1) is 5.92 Å². The first-order valence-electron chi connectivity index (χ1n) is 15.9. The van der Waals surface area contributed by atoms with Crippen LogP contribution in [0.15, 0.2) is 47.8 Å². The number of ketones is 1. The Morgan fingerprint density at radius 3 is 2.53 bits per heavy atom. The number of Topliss-reactive ketones (excluding diaryl/α,β-unsaturated/α-hetero) is 1. The lowest BCUT2D eigenvalue weighted by Gasteiger charge is -2.27. The van der Waals surface area contributed by atoms with Gasteiger partial charge in [-0.3, -0.25) is 29.0 Å². The average Bonchev–Trinajstić information content (AvgIpc) is 3.72. The Morgan fingerprint density at radius 2 is 1.83 bits per heavy atom. The normalized spacial score (nSPS) is 19.8. The molecule has 0 bridgehead atoms. The van der Waals surface area contributed by atoms with Crippen LogP contribution in [0.5, 0.6) is 0 Å². The molecule has 47 heavy (non-hydrogen) atoms. The number of likely N-dealkylation sites (tertiary alicyclic amines) is 1. The number of carbonyl (C=O) groups is 5. The molecule has 1 aliphatic heterocycles. The van der Waals surface area contributed by atoms with Crippen LogP contribution in [0.2, 0.25) is 0 Å². The molecule has 1 aromatic carbocycles. The maximum Gasteiger partial charge on any atom is 0.287 e. The number of carbonyl (C=O) groups excluding carboxylic acids is 5. The maximum atomic E-state index is 14.5. The summed E-state index contributed by atoms with van der Waals surface area (Å²) >= 11 is 0. The summed E-state index contributed by atoms with van der Waals surface area (Å²) in [4.78, 5) is 75.2. The van der Waals surface area contributed by atoms with Gasteiger partial charge in [0.15, 0.2) is 0 Å². The minimum absolute atomic E-state index is 0.0129. The molecule has 3 heterocycles. The van der Waals surface area contributed by atoms with E-state index in [0.717, 1.165) is 42.9 Å². The van der Waals surface area contributed by atoms with Crippen molar-refractivity contribution in [3.63, 3.8) is 0 Å². The number of primary amides is 1. The number of aromatic nitrogens is 4. The first-order chi connectivity index (χ1) is 22.3. The highest BCUT2D eigenvalue weighted by Crippen LogP contribution is 2.33. The summed E-state index contributed by atoms with van der Waals surface area (Å²) in [6, 6.07) is 4.02. The molecule has 2 aliphatic rings. The van der Waals surface area contributed by atoms with E-state index in [0.29, 0.717) is 11.3 Å². The van der Waals surface area contributed by atoms with Gasteiger partial charge in [-0.15, -0.1) is 5.10 Å². The summed E-state index contributed by atoms with van der Waals surface area (Å²) in [6.07, 6.45) is 9.92. The fourth-order valence-corrected chi connectivity index (χ4v) is 6.42. The second-order valence-corrected chi connectivity index (χ2v) is 13.0. The van der Waals surface area contributed by atoms with E-state index in [-0.39, 0.29) is 31.0 Å². The number of amides is 4. The molecule has 2 fully saturated rings. The summed E-state index contributed by atoms with van der Waals surface area (Å²) in [5.41, 5.74) is 4.53. The number of hydrogen-bond donors (Lipinski definition) is 3. The van der Waals surface area contributed by atoms with Crippen molar-refractivity contribution in [2.45, 2.75) is 89.4 Å². The van der Waals surface area contributed by atoms with Gasteiger partial charge in [-0.1, -0.05) is 43.4 Å². The molecule has 4 amide bonds. The molecule has 1 saturated carbocycles. The molecular formula is C33H40N8O6. The lowest BCUT2D eigenvalue weighted by molar-refractivity contribution is -0.139. The van der Waals surface area contributed by atoms with Crippen LogP contribution < -0.4 is 11.1 Å². The Balaban J connectivity index is 1.50. The van der Waals surface area contributed by atoms with Crippen LogP contribution >= 0.6 is 0 Å². The Morgan fingerprint density at radius 1 is 1.09 bits per heavy atom. The number of aliphatic imine (C=N–C) groups is 1. The number of benzene rings is 1. The molecule has 3 aromatic rings. The fourth-order valence-electron chi connectivity index (χ4n) is 6.42. The molecule has 14 heteroatoms. The van der Waals surface area contributed by atoms with Gasteiger partial charge in [0, 0.05) is 36.3 Å². The van der Waals surface area contributed by atoms with Gasteiger partial charge in [-0.2, -0.15) is 0 Å². The summed E-state index contributed by atoms with van der Waals surface area (Å²) in [5.74, 6) is -3.91. The number of nitrogens with one attached hydrogen (secondary N) is 1. The topological polar surface area (TPSA) is 203 Å². The van der Waals surface area contributed by atoms with Crippen molar-refractivity contribution < 1.29 is 29.1 Å². The van der Waals surface area contributed by atoms with E-state index in [9.17, 15) is 29.1 Å². The van der Waals surface area contributed by atoms with Gasteiger partial charge in [0.2, 0.25) is 11.7 Å². The van der Waals surface area contributed by atoms with Crippen LogP contribution in [0.3, 0.4) is 0 Å². The van der Waals surface area contributed by atoms with Crippen LogP contribution in [-0.2, 0) is 24.8 Å². The number of hydrogen-bond acceptors (Lipinski definition) is 9. The molecule has 0 radical (unpaired) electrons. The molecule has 14 nitrogen and oxygen atoms in total. The van der Waals surface area contributed by atoms with E-state index >= 15 is 0 Å². The van der Waals surface area contributed by atoms with E-state index in [1.54, 1.807) is 44.4 Å². The molecule has 4 N–H and O–H groups in total. The predicted octanol–water partition coefficient (Wildman–Crippen LogP) is 2.01. The molecule has 1 saturated heterocycles. The summed E-state index contributed by atoms with van der Waals surface area (Å²) < 4.78 is 1.48. The zero-order valence-corrected chi connectivity index (χ0v) is 26.8. The minimum atomic E-state index is -1.32. The summed E-state index contributed by atoms with van der Waals surface area (Å²) in [5, 5.41) is 23.0. The first-order valence-corrected chi connectivity index (χ1v) is 15.9. The van der Waals surface area contributed by atoms with Crippen molar-refractivity contribution in [3.8, 4) is 0 Å². The van der Waals surface area contributed by atoms with Gasteiger partial charge in [0.1, 0.15) is 17.4 Å². The fraction of sp³-hybridized carbons (Fsp3) is 0.485. The van der Waals surface area contributed by atoms with E-state index in [1.165, 1.54) is 22.7 Å². The van der Waals surface area contributed by atoms with Crippen LogP contribution in [-0.4, -0.2) is 83.7 Å². The predicted molar refractivity (Wildman–Crippen MR) is 171 cm³/mol. The third-order valence-corrected chi connectivity index (χ3v) is 8.96. The highest BCUT2D eigenvalue weighted by atomic mass is 16.3. The van der Waals surface area contributed by atoms with E-state index < -0.39 is 53.1 Å². The lowest BCUT2D eigenvalue weighted by Crippen LogP contribution is -2.52. The standard InChI is InChI=1S/C33H40N8O6/c1-19(28(42)29(34)43)37-31(45)26-15-24(41-27(17-36-39-41)33(2,3)47)18-40(26)32(46)25(13-20-7-5-4-6-8-20)38-30(44)22-10-9-21-11-12-35-16-23(21)14-22/h9-12,14,16-17,19-20,24,26,47H,4-8,13,15,18H2,1-3H3,(H2,34,43)(H,37,45)/t19?,24-,26-/m0/s1. The van der Waals surface area contributed by atoms with Gasteiger partial charge in [-0.05, 0) is 56.7 Å². The second-order valence-electron chi connectivity index (χ2n) is 13.0. The number of pyridine rings is 1. The Hall–Kier alpha value is -4.85. The summed E-state index contributed by atoms with van der Waals surface area (Å²) in [6.45, 7) is 4.47. The molecule has 1 unspecified atom stereocenters. The Kier molecular flexibility index (Phi) is 9.89. The van der Waals surface area contributed by atoms with E-state index in [1.807, 2.05) is 6.07 Å².